The molecule has 2 N–H and O–H groups in total. The zero-order valence-electron chi connectivity index (χ0n) is 18.9. The van der Waals surface area contributed by atoms with Crippen LogP contribution < -0.4 is 10.2 Å². The van der Waals surface area contributed by atoms with Crippen LogP contribution in [0.15, 0.2) is 41.3 Å². The normalized spacial score (nSPS) is 12.5. The summed E-state index contributed by atoms with van der Waals surface area (Å²) in [6.45, 7) is 7.19. The van der Waals surface area contributed by atoms with E-state index >= 15 is 0 Å². The highest BCUT2D eigenvalue weighted by Crippen LogP contribution is 2.33. The summed E-state index contributed by atoms with van der Waals surface area (Å²) in [7, 11) is 0. The molecule has 0 aliphatic rings. The van der Waals surface area contributed by atoms with Gasteiger partial charge in [0.25, 0.3) is 0 Å². The second kappa shape index (κ2) is 9.93. The maximum absolute atomic E-state index is 14.5. The number of nitrogens with zero attached hydrogens (tertiary/aromatic N) is 1. The molecule has 2 aromatic carbocycles. The van der Waals surface area contributed by atoms with Crippen molar-refractivity contribution in [3.8, 4) is 5.75 Å². The quantitative estimate of drug-likeness (QED) is 0.475. The third kappa shape index (κ3) is 5.04. The van der Waals surface area contributed by atoms with E-state index in [1.807, 2.05) is 27.7 Å². The molecule has 6 nitrogen and oxygen atoms in total. The Bertz CT molecular complexity index is 1250. The summed E-state index contributed by atoms with van der Waals surface area (Å²) in [6.07, 6.45) is 1.14. The Labute approximate surface area is 196 Å². The molecule has 0 saturated carbocycles. The van der Waals surface area contributed by atoms with Gasteiger partial charge in [0.15, 0.2) is 0 Å². The molecule has 1 heterocycles. The fourth-order valence-corrected chi connectivity index (χ4v) is 4.09. The highest BCUT2D eigenvalue weighted by atomic mass is 35.5. The van der Waals surface area contributed by atoms with Gasteiger partial charge in [-0.2, -0.15) is 0 Å². The molecule has 3 rings (SSSR count). The molecular weight excluding hydrogens is 449 g/mol. The molecule has 0 fully saturated rings. The highest BCUT2D eigenvalue weighted by Gasteiger charge is 2.24. The number of hydrogen-bond acceptors (Lipinski definition) is 4. The fraction of sp³-hybridized carbons (Fsp3) is 0.360. The summed E-state index contributed by atoms with van der Waals surface area (Å²) >= 11 is 5.92. The van der Waals surface area contributed by atoms with Gasteiger partial charge >= 0.3 is 5.97 Å². The Hall–Kier alpha value is -2.90. The average molecular weight is 476 g/mol. The first kappa shape index (κ1) is 24.7. The minimum absolute atomic E-state index is 0.00909. The molecular formula is C25H27ClFNO5. The Balaban J connectivity index is 2.37. The summed E-state index contributed by atoms with van der Waals surface area (Å²) in [6, 6.07) is 7.47. The van der Waals surface area contributed by atoms with Gasteiger partial charge < -0.3 is 19.5 Å². The van der Waals surface area contributed by atoms with E-state index in [-0.39, 0.29) is 35.5 Å². The molecule has 3 aromatic rings. The zero-order valence-corrected chi connectivity index (χ0v) is 19.7. The number of pyridine rings is 1. The zero-order chi connectivity index (χ0) is 24.4. The van der Waals surface area contributed by atoms with Crippen molar-refractivity contribution in [2.24, 2.45) is 5.92 Å². The van der Waals surface area contributed by atoms with Gasteiger partial charge in [-0.05, 0) is 49.1 Å². The second-order valence-corrected chi connectivity index (χ2v) is 9.03. The number of rotatable bonds is 8. The Morgan fingerprint density at radius 2 is 1.91 bits per heavy atom. The Morgan fingerprint density at radius 1 is 1.21 bits per heavy atom. The van der Waals surface area contributed by atoms with E-state index < -0.39 is 28.8 Å². The summed E-state index contributed by atoms with van der Waals surface area (Å²) in [5.74, 6) is -1.63. The highest BCUT2D eigenvalue weighted by molar-refractivity contribution is 6.30. The van der Waals surface area contributed by atoms with Gasteiger partial charge in [0.1, 0.15) is 17.1 Å². The van der Waals surface area contributed by atoms with Crippen molar-refractivity contribution >= 4 is 28.5 Å². The van der Waals surface area contributed by atoms with Crippen LogP contribution in [-0.2, 0) is 6.42 Å². The molecule has 8 heteroatoms. The minimum Gasteiger partial charge on any atom is -0.489 e. The average Bonchev–Trinajstić information content (AvgIpc) is 2.72. The van der Waals surface area contributed by atoms with Gasteiger partial charge in [-0.3, -0.25) is 4.79 Å². The van der Waals surface area contributed by atoms with Crippen molar-refractivity contribution in [3.05, 3.63) is 74.3 Å². The fourth-order valence-electron chi connectivity index (χ4n) is 3.90. The molecule has 33 heavy (non-hydrogen) atoms. The molecule has 0 spiro atoms. The van der Waals surface area contributed by atoms with Crippen LogP contribution in [0, 0.1) is 11.7 Å². The molecule has 0 saturated heterocycles. The van der Waals surface area contributed by atoms with Gasteiger partial charge in [0.05, 0.1) is 34.7 Å². The number of fused-ring (bicyclic) bond motifs is 1. The number of carboxylic acids is 1. The van der Waals surface area contributed by atoms with E-state index in [2.05, 4.69) is 0 Å². The maximum atomic E-state index is 14.5. The van der Waals surface area contributed by atoms with Crippen molar-refractivity contribution < 1.29 is 24.1 Å². The van der Waals surface area contributed by atoms with Gasteiger partial charge in [-0.25, -0.2) is 9.18 Å². The first-order valence-corrected chi connectivity index (χ1v) is 11.1. The number of carboxylic acid groups (broad SMARTS) is 1. The van der Waals surface area contributed by atoms with Crippen molar-refractivity contribution in [1.82, 2.24) is 4.57 Å². The van der Waals surface area contributed by atoms with Gasteiger partial charge in [-0.15, -0.1) is 0 Å². The van der Waals surface area contributed by atoms with Crippen LogP contribution in [0.4, 0.5) is 4.39 Å². The number of carbonyl (C=O) groups is 1. The molecule has 1 unspecified atom stereocenters. The lowest BCUT2D eigenvalue weighted by molar-refractivity contribution is 0.0693. The van der Waals surface area contributed by atoms with Crippen LogP contribution in [0.3, 0.4) is 0 Å². The lowest BCUT2D eigenvalue weighted by Crippen LogP contribution is -2.26. The van der Waals surface area contributed by atoms with Crippen LogP contribution in [-0.4, -0.2) is 33.5 Å². The standard InChI is InChI=1S/C25H27ClFNO5/c1-13(2)20(12-29)28-11-18(25(31)32)24(30)17-9-15(10-21(23(17)28)33-14(3)4)8-16-6-5-7-19(26)22(16)27/h5-7,9-11,13-14,20,29H,8,12H2,1-4H3,(H,31,32). The molecule has 1 aromatic heterocycles. The van der Waals surface area contributed by atoms with Gasteiger partial charge in [0.2, 0.25) is 5.43 Å². The number of aliphatic hydroxyl groups excluding tert-OH is 1. The van der Waals surface area contributed by atoms with Crippen molar-refractivity contribution in [2.45, 2.75) is 46.3 Å². The second-order valence-electron chi connectivity index (χ2n) is 8.62. The topological polar surface area (TPSA) is 88.8 Å². The minimum atomic E-state index is -1.37. The molecule has 0 aliphatic carbocycles. The Morgan fingerprint density at radius 3 is 2.48 bits per heavy atom. The number of benzene rings is 2. The van der Waals surface area contributed by atoms with E-state index in [4.69, 9.17) is 16.3 Å². The molecule has 0 radical (unpaired) electrons. The van der Waals surface area contributed by atoms with E-state index in [9.17, 15) is 24.2 Å². The molecule has 1 atom stereocenters. The predicted molar refractivity (Wildman–Crippen MR) is 126 cm³/mol. The van der Waals surface area contributed by atoms with Gasteiger partial charge in [0, 0.05) is 12.6 Å². The summed E-state index contributed by atoms with van der Waals surface area (Å²) < 4.78 is 22.2. The van der Waals surface area contributed by atoms with Crippen LogP contribution >= 0.6 is 11.6 Å². The van der Waals surface area contributed by atoms with Crippen LogP contribution in [0.25, 0.3) is 10.9 Å². The summed E-state index contributed by atoms with van der Waals surface area (Å²) in [5, 5.41) is 19.8. The predicted octanol–water partition coefficient (Wildman–Crippen LogP) is 5.06. The third-order valence-electron chi connectivity index (χ3n) is 5.48. The van der Waals surface area contributed by atoms with Gasteiger partial charge in [-0.1, -0.05) is 37.6 Å². The van der Waals surface area contributed by atoms with Crippen molar-refractivity contribution in [1.29, 1.82) is 0 Å². The molecule has 176 valence electrons. The van der Waals surface area contributed by atoms with E-state index in [0.717, 1.165) is 0 Å². The number of halogens is 2. The first-order chi connectivity index (χ1) is 15.5. The summed E-state index contributed by atoms with van der Waals surface area (Å²) in [5.41, 5.74) is 0.208. The van der Waals surface area contributed by atoms with Crippen LogP contribution in [0.2, 0.25) is 5.02 Å². The number of aromatic nitrogens is 1. The lowest BCUT2D eigenvalue weighted by atomic mass is 9.98. The number of aromatic carboxylic acids is 1. The number of aliphatic hydroxyl groups is 1. The summed E-state index contributed by atoms with van der Waals surface area (Å²) in [4.78, 5) is 25.0. The monoisotopic (exact) mass is 475 g/mol. The van der Waals surface area contributed by atoms with E-state index in [1.54, 1.807) is 28.8 Å². The third-order valence-corrected chi connectivity index (χ3v) is 5.78. The van der Waals surface area contributed by atoms with Crippen LogP contribution in [0.1, 0.15) is 55.2 Å². The Kier molecular flexibility index (Phi) is 7.44. The first-order valence-electron chi connectivity index (χ1n) is 10.7. The maximum Gasteiger partial charge on any atom is 0.341 e. The van der Waals surface area contributed by atoms with Crippen molar-refractivity contribution in [3.63, 3.8) is 0 Å². The largest absolute Gasteiger partial charge is 0.489 e. The lowest BCUT2D eigenvalue weighted by Gasteiger charge is -2.26. The molecule has 0 amide bonds. The van der Waals surface area contributed by atoms with Crippen LogP contribution in [0.5, 0.6) is 5.75 Å². The van der Waals surface area contributed by atoms with E-state index in [0.29, 0.717) is 22.4 Å². The van der Waals surface area contributed by atoms with Crippen molar-refractivity contribution in [2.75, 3.05) is 6.61 Å². The SMILES string of the molecule is CC(C)Oc1cc(Cc2cccc(Cl)c2F)cc2c(=O)c(C(=O)O)cn(C(CO)C(C)C)c12. The molecule has 0 bridgehead atoms. The number of hydrogen-bond donors (Lipinski definition) is 2. The smallest absolute Gasteiger partial charge is 0.341 e. The number of ether oxygens (including phenoxy) is 1. The molecule has 0 aliphatic heterocycles. The van der Waals surface area contributed by atoms with E-state index in [1.165, 1.54) is 12.3 Å².